The molecule has 1 fully saturated rings. The fourth-order valence-corrected chi connectivity index (χ4v) is 2.68. The molecule has 3 amide bonds. The van der Waals surface area contributed by atoms with E-state index in [9.17, 15) is 23.2 Å². The molecule has 1 aliphatic rings. The summed E-state index contributed by atoms with van der Waals surface area (Å²) in [5.74, 6) is -1.93. The van der Waals surface area contributed by atoms with E-state index in [1.165, 1.54) is 17.0 Å². The predicted octanol–water partition coefficient (Wildman–Crippen LogP) is 1.03. The van der Waals surface area contributed by atoms with Gasteiger partial charge < -0.3 is 20.7 Å². The lowest BCUT2D eigenvalue weighted by Gasteiger charge is -2.27. The number of nitrogens with two attached hydrogens (primary N) is 1. The van der Waals surface area contributed by atoms with Crippen LogP contribution in [0.3, 0.4) is 0 Å². The lowest BCUT2D eigenvalue weighted by Crippen LogP contribution is -2.50. The molecule has 1 aromatic rings. The van der Waals surface area contributed by atoms with E-state index < -0.39 is 29.8 Å². The zero-order valence-electron chi connectivity index (χ0n) is 15.7. The number of ether oxygens (including phenoxy) is 1. The lowest BCUT2D eigenvalue weighted by molar-refractivity contribution is -0.128. The number of morpholine rings is 1. The molecule has 0 spiro atoms. The van der Waals surface area contributed by atoms with E-state index in [0.29, 0.717) is 13.2 Å². The Morgan fingerprint density at radius 3 is 2.61 bits per heavy atom. The van der Waals surface area contributed by atoms with Crippen molar-refractivity contribution in [1.82, 2.24) is 5.32 Å². The molecule has 0 radical (unpaired) electrons. The third kappa shape index (κ3) is 5.46. The van der Waals surface area contributed by atoms with Crippen LogP contribution in [0.25, 0.3) is 0 Å². The number of benzene rings is 1. The second-order valence-corrected chi connectivity index (χ2v) is 6.80. The summed E-state index contributed by atoms with van der Waals surface area (Å²) in [5, 5.41) is 5.04. The molecule has 4 N–H and O–H groups in total. The average Bonchev–Trinajstić information content (AvgIpc) is 2.62. The maximum absolute atomic E-state index is 13.5. The summed E-state index contributed by atoms with van der Waals surface area (Å²) in [6.45, 7) is 4.53. The van der Waals surface area contributed by atoms with Gasteiger partial charge in [-0.3, -0.25) is 19.7 Å². The van der Waals surface area contributed by atoms with Crippen molar-refractivity contribution >= 4 is 29.1 Å². The molecule has 1 heterocycles. The first-order valence-corrected chi connectivity index (χ1v) is 8.84. The van der Waals surface area contributed by atoms with E-state index in [1.807, 2.05) is 13.8 Å². The maximum Gasteiger partial charge on any atom is 0.265 e. The van der Waals surface area contributed by atoms with Crippen molar-refractivity contribution in [2.45, 2.75) is 26.3 Å². The summed E-state index contributed by atoms with van der Waals surface area (Å²) in [5.41, 5.74) is 4.92. The van der Waals surface area contributed by atoms with E-state index in [2.05, 4.69) is 10.6 Å². The number of alkyl halides is 2. The summed E-state index contributed by atoms with van der Waals surface area (Å²) in [4.78, 5) is 37.2. The van der Waals surface area contributed by atoms with Gasteiger partial charge in [0.2, 0.25) is 5.91 Å². The first kappa shape index (κ1) is 21.7. The van der Waals surface area contributed by atoms with Crippen molar-refractivity contribution in [3.63, 3.8) is 0 Å². The zero-order chi connectivity index (χ0) is 20.8. The minimum Gasteiger partial charge on any atom is -0.370 e. The van der Waals surface area contributed by atoms with Crippen molar-refractivity contribution in [2.24, 2.45) is 11.7 Å². The number of nitrogens with zero attached hydrogens (tertiary/aromatic N) is 1. The highest BCUT2D eigenvalue weighted by Crippen LogP contribution is 2.32. The number of rotatable bonds is 8. The van der Waals surface area contributed by atoms with E-state index in [0.717, 1.165) is 6.07 Å². The maximum atomic E-state index is 13.5. The Kier molecular flexibility index (Phi) is 7.41. The van der Waals surface area contributed by atoms with Crippen LogP contribution in [0.2, 0.25) is 0 Å². The number of nitrogens with one attached hydrogen (secondary N) is 2. The van der Waals surface area contributed by atoms with Gasteiger partial charge in [0.05, 0.1) is 6.61 Å². The lowest BCUT2D eigenvalue weighted by atomic mass is 10.1. The smallest absolute Gasteiger partial charge is 0.265 e. The van der Waals surface area contributed by atoms with Crippen molar-refractivity contribution in [2.75, 3.05) is 36.5 Å². The Hall–Kier alpha value is -2.59. The number of amides is 3. The molecular formula is C18H24F2N4O4. The van der Waals surface area contributed by atoms with Crippen molar-refractivity contribution in [3.8, 4) is 0 Å². The van der Waals surface area contributed by atoms with Crippen molar-refractivity contribution in [3.05, 3.63) is 23.8 Å². The first-order valence-electron chi connectivity index (χ1n) is 8.84. The standard InChI is InChI=1S/C18H24F2N4O4/c1-10(2)8-22-15(17(21)26)18(27)23-13-4-3-11(7-12(13)16(19)20)24-5-6-28-9-14(24)25/h3-4,7,10,15-16,22H,5-6,8-9H2,1-2H3,(H2,21,26)(H,23,27)/t15-/m0/s1. The highest BCUT2D eigenvalue weighted by Gasteiger charge is 2.27. The molecule has 0 aromatic heterocycles. The van der Waals surface area contributed by atoms with Gasteiger partial charge in [-0.05, 0) is 30.7 Å². The Morgan fingerprint density at radius 2 is 2.04 bits per heavy atom. The summed E-state index contributed by atoms with van der Waals surface area (Å²) < 4.78 is 32.1. The van der Waals surface area contributed by atoms with E-state index in [-0.39, 0.29) is 36.4 Å². The molecule has 28 heavy (non-hydrogen) atoms. The van der Waals surface area contributed by atoms with Crippen LogP contribution < -0.4 is 21.3 Å². The van der Waals surface area contributed by atoms with Crippen molar-refractivity contribution < 1.29 is 27.9 Å². The Bertz CT molecular complexity index is 742. The minimum atomic E-state index is -2.90. The van der Waals surface area contributed by atoms with Crippen LogP contribution in [0, 0.1) is 5.92 Å². The van der Waals surface area contributed by atoms with Gasteiger partial charge >= 0.3 is 0 Å². The van der Waals surface area contributed by atoms with Gasteiger partial charge in [-0.1, -0.05) is 13.8 Å². The Balaban J connectivity index is 2.23. The number of primary amides is 1. The van der Waals surface area contributed by atoms with Crippen LogP contribution in [-0.4, -0.2) is 50.1 Å². The van der Waals surface area contributed by atoms with Crippen LogP contribution in [0.15, 0.2) is 18.2 Å². The first-order chi connectivity index (χ1) is 13.2. The molecule has 10 heteroatoms. The molecular weight excluding hydrogens is 374 g/mol. The molecule has 2 rings (SSSR count). The Morgan fingerprint density at radius 1 is 1.32 bits per heavy atom. The molecule has 0 bridgehead atoms. The van der Waals surface area contributed by atoms with Crippen LogP contribution in [0.1, 0.15) is 25.8 Å². The Labute approximate surface area is 161 Å². The minimum absolute atomic E-state index is 0.121. The van der Waals surface area contributed by atoms with Gasteiger partial charge in [-0.2, -0.15) is 0 Å². The van der Waals surface area contributed by atoms with E-state index in [4.69, 9.17) is 10.5 Å². The number of anilines is 2. The van der Waals surface area contributed by atoms with Gasteiger partial charge in [0.25, 0.3) is 18.2 Å². The quantitative estimate of drug-likeness (QED) is 0.566. The van der Waals surface area contributed by atoms with Crippen molar-refractivity contribution in [1.29, 1.82) is 0 Å². The topological polar surface area (TPSA) is 114 Å². The molecule has 0 saturated carbocycles. The number of hydrogen-bond donors (Lipinski definition) is 3. The largest absolute Gasteiger partial charge is 0.370 e. The molecule has 0 aliphatic carbocycles. The van der Waals surface area contributed by atoms with E-state index >= 15 is 0 Å². The molecule has 1 saturated heterocycles. The fourth-order valence-electron chi connectivity index (χ4n) is 2.68. The highest BCUT2D eigenvalue weighted by molar-refractivity contribution is 6.10. The zero-order valence-corrected chi connectivity index (χ0v) is 15.7. The summed E-state index contributed by atoms with van der Waals surface area (Å²) >= 11 is 0. The summed E-state index contributed by atoms with van der Waals surface area (Å²) in [6.07, 6.45) is -2.90. The normalized spacial score (nSPS) is 15.8. The fraction of sp³-hybridized carbons (Fsp3) is 0.500. The van der Waals surface area contributed by atoms with Crippen LogP contribution >= 0.6 is 0 Å². The van der Waals surface area contributed by atoms with Gasteiger partial charge in [0.15, 0.2) is 6.04 Å². The third-order valence-corrected chi connectivity index (χ3v) is 4.10. The van der Waals surface area contributed by atoms with Crippen LogP contribution in [0.4, 0.5) is 20.2 Å². The monoisotopic (exact) mass is 398 g/mol. The molecule has 0 unspecified atom stereocenters. The van der Waals surface area contributed by atoms with Gasteiger partial charge in [-0.25, -0.2) is 8.78 Å². The number of hydrogen-bond acceptors (Lipinski definition) is 5. The molecule has 154 valence electrons. The molecule has 1 atom stereocenters. The van der Waals surface area contributed by atoms with Crippen LogP contribution in [0.5, 0.6) is 0 Å². The summed E-state index contributed by atoms with van der Waals surface area (Å²) in [7, 11) is 0. The second kappa shape index (κ2) is 9.56. The van der Waals surface area contributed by atoms with Gasteiger partial charge in [-0.15, -0.1) is 0 Å². The van der Waals surface area contributed by atoms with Crippen LogP contribution in [-0.2, 0) is 19.1 Å². The molecule has 1 aliphatic heterocycles. The third-order valence-electron chi connectivity index (χ3n) is 4.10. The number of carbonyl (C=O) groups is 3. The molecule has 8 nitrogen and oxygen atoms in total. The van der Waals surface area contributed by atoms with Gasteiger partial charge in [0, 0.05) is 23.5 Å². The van der Waals surface area contributed by atoms with Gasteiger partial charge in [0.1, 0.15) is 6.61 Å². The molecule has 1 aromatic carbocycles. The second-order valence-electron chi connectivity index (χ2n) is 6.80. The highest BCUT2D eigenvalue weighted by atomic mass is 19.3. The number of carbonyl (C=O) groups excluding carboxylic acids is 3. The SMILES string of the molecule is CC(C)CN[C@@H](C(N)=O)C(=O)Nc1ccc(N2CCOCC2=O)cc1C(F)F. The van der Waals surface area contributed by atoms with E-state index in [1.54, 1.807) is 0 Å². The summed E-state index contributed by atoms with van der Waals surface area (Å²) in [6, 6.07) is 2.52. The average molecular weight is 398 g/mol. The predicted molar refractivity (Wildman–Crippen MR) is 99.0 cm³/mol. The number of halogens is 2.